The number of rotatable bonds is 4. The van der Waals surface area contributed by atoms with Crippen molar-refractivity contribution in [3.05, 3.63) is 77.6 Å². The summed E-state index contributed by atoms with van der Waals surface area (Å²) in [6, 6.07) is 11.8. The molecule has 1 fully saturated rings. The molecule has 1 saturated heterocycles. The number of para-hydroxylation sites is 1. The van der Waals surface area contributed by atoms with Gasteiger partial charge in [0, 0.05) is 49.2 Å². The number of carbonyl (C=O) groups is 1. The summed E-state index contributed by atoms with van der Waals surface area (Å²) >= 11 is 0. The van der Waals surface area contributed by atoms with Crippen molar-refractivity contribution in [1.29, 1.82) is 0 Å². The number of aliphatic imine (C=N–C) groups is 1. The first-order chi connectivity index (χ1) is 20.4. The van der Waals surface area contributed by atoms with Crippen molar-refractivity contribution in [3.8, 4) is 11.5 Å². The zero-order valence-electron chi connectivity index (χ0n) is 23.0. The average Bonchev–Trinajstić information content (AvgIpc) is 3.30. The van der Waals surface area contributed by atoms with Crippen LogP contribution in [0.3, 0.4) is 0 Å². The highest BCUT2D eigenvalue weighted by Gasteiger charge is 2.39. The highest BCUT2D eigenvalue weighted by molar-refractivity contribution is 6.01. The summed E-state index contributed by atoms with van der Waals surface area (Å²) in [6.07, 6.45) is -4.85. The number of halogens is 4. The third-order valence-corrected chi connectivity index (χ3v) is 7.55. The quantitative estimate of drug-likeness (QED) is 0.260. The monoisotopic (exact) mass is 600 g/mol. The first-order valence-corrected chi connectivity index (χ1v) is 13.4. The number of nitrogens with two attached hydrogens (primary N) is 2. The molecule has 0 amide bonds. The van der Waals surface area contributed by atoms with Gasteiger partial charge in [0.15, 0.2) is 11.5 Å². The number of benzene rings is 3. The van der Waals surface area contributed by atoms with Gasteiger partial charge in [-0.05, 0) is 36.4 Å². The van der Waals surface area contributed by atoms with E-state index >= 15 is 4.39 Å². The van der Waals surface area contributed by atoms with Crippen molar-refractivity contribution in [2.24, 2.45) is 16.5 Å². The van der Waals surface area contributed by atoms with E-state index in [0.717, 1.165) is 17.8 Å². The number of methoxy groups -OCH3 is 1. The van der Waals surface area contributed by atoms with Crippen LogP contribution in [-0.2, 0) is 15.7 Å². The number of nitrogens with zero attached hydrogens (tertiary/aromatic N) is 4. The Morgan fingerprint density at radius 1 is 0.977 bits per heavy atom. The molecule has 0 radical (unpaired) electrons. The summed E-state index contributed by atoms with van der Waals surface area (Å²) in [5, 5.41) is 0. The van der Waals surface area contributed by atoms with E-state index in [1.54, 1.807) is 23.1 Å². The Kier molecular flexibility index (Phi) is 7.05. The largest absolute Gasteiger partial charge is 0.469 e. The summed E-state index contributed by atoms with van der Waals surface area (Å²) in [6.45, 7) is 1.74. The Morgan fingerprint density at radius 2 is 1.67 bits per heavy atom. The van der Waals surface area contributed by atoms with Crippen LogP contribution in [0.15, 0.2) is 65.7 Å². The van der Waals surface area contributed by atoms with Crippen LogP contribution in [0.2, 0.25) is 0 Å². The summed E-state index contributed by atoms with van der Waals surface area (Å²) in [7, 11) is 1.22. The summed E-state index contributed by atoms with van der Waals surface area (Å²) in [5.74, 6) is -0.172. The molecule has 0 bridgehead atoms. The molecule has 3 aromatic rings. The average molecular weight is 601 g/mol. The molecule has 6 rings (SSSR count). The molecule has 3 heterocycles. The second-order valence-electron chi connectivity index (χ2n) is 10.3. The van der Waals surface area contributed by atoms with Gasteiger partial charge in [-0.3, -0.25) is 4.79 Å². The fourth-order valence-electron chi connectivity index (χ4n) is 5.53. The number of fused-ring (bicyclic) bond motifs is 2. The van der Waals surface area contributed by atoms with Crippen LogP contribution < -0.4 is 30.7 Å². The van der Waals surface area contributed by atoms with Crippen LogP contribution in [0.4, 0.5) is 34.6 Å². The number of anilines is 2. The van der Waals surface area contributed by atoms with E-state index in [4.69, 9.17) is 25.7 Å². The molecule has 14 heteroatoms. The topological polar surface area (TPSA) is 119 Å². The first kappa shape index (κ1) is 28.6. The molecule has 4 N–H and O–H groups in total. The van der Waals surface area contributed by atoms with Gasteiger partial charge < -0.3 is 28.9 Å². The number of hydrogen-bond donors (Lipinski definition) is 2. The molecule has 3 aliphatic rings. The molecule has 1 unspecified atom stereocenters. The minimum absolute atomic E-state index is 0.0277. The molecule has 3 aromatic carbocycles. The number of guanidine groups is 1. The number of piperazine rings is 1. The van der Waals surface area contributed by atoms with E-state index in [1.165, 1.54) is 31.4 Å². The fraction of sp³-hybridized carbons (Fsp3) is 0.310. The smallest absolute Gasteiger partial charge is 0.416 e. The van der Waals surface area contributed by atoms with Crippen molar-refractivity contribution in [3.63, 3.8) is 0 Å². The van der Waals surface area contributed by atoms with Crippen molar-refractivity contribution >= 4 is 29.0 Å². The molecular weight excluding hydrogens is 572 g/mol. The molecule has 226 valence electrons. The van der Waals surface area contributed by atoms with E-state index in [2.05, 4.69) is 9.89 Å². The lowest BCUT2D eigenvalue weighted by molar-refractivity contribution is -0.141. The highest BCUT2D eigenvalue weighted by atomic mass is 19.4. The number of esters is 1. The Bertz CT molecular complexity index is 1590. The van der Waals surface area contributed by atoms with Crippen LogP contribution in [0, 0.1) is 5.82 Å². The zero-order chi connectivity index (χ0) is 30.5. The van der Waals surface area contributed by atoms with E-state index in [0.29, 0.717) is 43.2 Å². The zero-order valence-corrected chi connectivity index (χ0v) is 23.0. The normalized spacial score (nSPS) is 19.2. The maximum absolute atomic E-state index is 15.1. The van der Waals surface area contributed by atoms with Crippen LogP contribution in [0.25, 0.3) is 0 Å². The lowest BCUT2D eigenvalue weighted by atomic mass is 9.97. The Hall–Kier alpha value is -4.56. The van der Waals surface area contributed by atoms with E-state index in [9.17, 15) is 18.0 Å². The third-order valence-electron chi connectivity index (χ3n) is 7.55. The predicted molar refractivity (Wildman–Crippen MR) is 149 cm³/mol. The summed E-state index contributed by atoms with van der Waals surface area (Å²) < 4.78 is 72.1. The molecule has 10 nitrogen and oxygen atoms in total. The van der Waals surface area contributed by atoms with Gasteiger partial charge in [0.25, 0.3) is 0 Å². The van der Waals surface area contributed by atoms with Crippen LogP contribution in [0.1, 0.15) is 23.6 Å². The number of hydrogen-bond acceptors (Lipinski definition) is 10. The van der Waals surface area contributed by atoms with Gasteiger partial charge in [-0.25, -0.2) is 20.9 Å². The molecule has 0 aliphatic carbocycles. The maximum atomic E-state index is 15.1. The predicted octanol–water partition coefficient (Wildman–Crippen LogP) is 4.08. The second kappa shape index (κ2) is 10.6. The minimum Gasteiger partial charge on any atom is -0.469 e. The van der Waals surface area contributed by atoms with Gasteiger partial charge in [0.2, 0.25) is 5.96 Å². The molecule has 1 atom stereocenters. The second-order valence-corrected chi connectivity index (χ2v) is 10.3. The van der Waals surface area contributed by atoms with Gasteiger partial charge in [-0.2, -0.15) is 13.2 Å². The summed E-state index contributed by atoms with van der Waals surface area (Å²) in [4.78, 5) is 22.7. The summed E-state index contributed by atoms with van der Waals surface area (Å²) in [5.41, 5.74) is 11.9. The van der Waals surface area contributed by atoms with Crippen LogP contribution in [-0.4, -0.2) is 56.2 Å². The van der Waals surface area contributed by atoms with Crippen molar-refractivity contribution in [1.82, 2.24) is 4.90 Å². The SMILES string of the molecule is COC(=O)CC1c2cccc(F)c2N=C(N2CCN(c3ccc4c(c3)OC(N)(N)O4)CC2)N1c1cccc(C(F)(F)F)c1. The van der Waals surface area contributed by atoms with Gasteiger partial charge in [0.1, 0.15) is 11.5 Å². The fourth-order valence-corrected chi connectivity index (χ4v) is 5.53. The van der Waals surface area contributed by atoms with Crippen LogP contribution in [0.5, 0.6) is 11.5 Å². The van der Waals surface area contributed by atoms with Crippen molar-refractivity contribution in [2.45, 2.75) is 24.7 Å². The van der Waals surface area contributed by atoms with Crippen molar-refractivity contribution in [2.75, 3.05) is 43.1 Å². The highest BCUT2D eigenvalue weighted by Crippen LogP contribution is 2.44. The molecule has 0 saturated carbocycles. The minimum atomic E-state index is -4.60. The van der Waals surface area contributed by atoms with Crippen LogP contribution >= 0.6 is 0 Å². The standard InChI is InChI=1S/C29H28F4N6O4/c1-41-25(40)16-22-20-6-3-7-21(30)26(20)36-27(39(22)19-5-2-4-17(14-19)28(31,32)33)38-12-10-37(11-13-38)18-8-9-23-24(15-18)43-29(34,35)42-23/h2-9,14-15,22H,10-13,16,34-35H2,1H3. The van der Waals surface area contributed by atoms with Crippen molar-refractivity contribution < 1.29 is 36.6 Å². The van der Waals surface area contributed by atoms with Gasteiger partial charge in [-0.1, -0.05) is 18.2 Å². The molecule has 0 aromatic heterocycles. The molecule has 43 heavy (non-hydrogen) atoms. The molecule has 0 spiro atoms. The lowest BCUT2D eigenvalue weighted by Gasteiger charge is -2.45. The Balaban J connectivity index is 1.35. The number of carbonyl (C=O) groups excluding carboxylic acids is 1. The van der Waals surface area contributed by atoms with E-state index < -0.39 is 35.6 Å². The van der Waals surface area contributed by atoms with Gasteiger partial charge >= 0.3 is 18.2 Å². The van der Waals surface area contributed by atoms with E-state index in [-0.39, 0.29) is 23.8 Å². The molecular formula is C29H28F4N6O4. The van der Waals surface area contributed by atoms with E-state index in [1.807, 2.05) is 11.0 Å². The third kappa shape index (κ3) is 5.50. The first-order valence-electron chi connectivity index (χ1n) is 13.4. The molecule has 3 aliphatic heterocycles. The Labute approximate surface area is 244 Å². The lowest BCUT2D eigenvalue weighted by Crippen LogP contribution is -2.56. The maximum Gasteiger partial charge on any atom is 0.416 e. The Morgan fingerprint density at radius 3 is 2.40 bits per heavy atom. The number of alkyl halides is 3. The number of ether oxygens (including phenoxy) is 3. The van der Waals surface area contributed by atoms with Gasteiger partial charge in [-0.15, -0.1) is 0 Å². The van der Waals surface area contributed by atoms with Gasteiger partial charge in [0.05, 0.1) is 25.1 Å².